The van der Waals surface area contributed by atoms with E-state index >= 15 is 0 Å². The fourth-order valence-electron chi connectivity index (χ4n) is 1.26. The van der Waals surface area contributed by atoms with Gasteiger partial charge in [-0.15, -0.1) is 0 Å². The van der Waals surface area contributed by atoms with Gasteiger partial charge in [-0.25, -0.2) is 4.98 Å². The van der Waals surface area contributed by atoms with Gasteiger partial charge >= 0.3 is 0 Å². The number of nitriles is 1. The lowest BCUT2D eigenvalue weighted by molar-refractivity contribution is 0.833. The topological polar surface area (TPSA) is 93.4 Å². The zero-order chi connectivity index (χ0) is 11.7. The van der Waals surface area contributed by atoms with E-state index in [1.54, 1.807) is 6.20 Å². The van der Waals surface area contributed by atoms with Crippen LogP contribution in [0.2, 0.25) is 0 Å². The molecule has 6 heteroatoms. The van der Waals surface area contributed by atoms with E-state index < -0.39 is 0 Å². The molecule has 0 atom stereocenters. The average Bonchev–Trinajstić information content (AvgIpc) is 2.64. The van der Waals surface area contributed by atoms with Gasteiger partial charge in [0.15, 0.2) is 5.82 Å². The second-order valence-electron chi connectivity index (χ2n) is 3.37. The van der Waals surface area contributed by atoms with Gasteiger partial charge in [-0.1, -0.05) is 0 Å². The monoisotopic (exact) mass is 214 g/mol. The summed E-state index contributed by atoms with van der Waals surface area (Å²) in [6.45, 7) is 3.73. The first-order valence-electron chi connectivity index (χ1n) is 4.67. The van der Waals surface area contributed by atoms with Gasteiger partial charge in [-0.2, -0.15) is 15.0 Å². The molecule has 0 spiro atoms. The third-order valence-corrected chi connectivity index (χ3v) is 2.32. The van der Waals surface area contributed by atoms with Crippen molar-refractivity contribution in [3.8, 4) is 11.9 Å². The normalized spacial score (nSPS) is 10.1. The quantitative estimate of drug-likeness (QED) is 0.755. The molecule has 0 saturated heterocycles. The van der Waals surface area contributed by atoms with Crippen molar-refractivity contribution in [2.75, 3.05) is 5.73 Å². The summed E-state index contributed by atoms with van der Waals surface area (Å²) in [6, 6.07) is 1.95. The molecule has 0 aliphatic rings. The summed E-state index contributed by atoms with van der Waals surface area (Å²) < 4.78 is 1.40. The van der Waals surface area contributed by atoms with Crippen molar-refractivity contribution in [3.05, 3.63) is 29.3 Å². The Morgan fingerprint density at radius 1 is 1.31 bits per heavy atom. The molecule has 2 heterocycles. The summed E-state index contributed by atoms with van der Waals surface area (Å²) in [5.74, 6) is 0.794. The molecular formula is C10H10N6. The maximum Gasteiger partial charge on any atom is 0.174 e. The minimum absolute atomic E-state index is 0.278. The van der Waals surface area contributed by atoms with E-state index in [1.165, 1.54) is 10.9 Å². The number of nitrogens with two attached hydrogens (primary N) is 1. The SMILES string of the molecule is Cc1ncc(-n2ncc(C#N)c2N)nc1C. The Morgan fingerprint density at radius 3 is 2.62 bits per heavy atom. The lowest BCUT2D eigenvalue weighted by atomic mass is 10.3. The van der Waals surface area contributed by atoms with Crippen LogP contribution in [0, 0.1) is 25.2 Å². The number of hydrogen-bond donors (Lipinski definition) is 1. The molecule has 2 N–H and O–H groups in total. The number of nitrogen functional groups attached to an aromatic ring is 1. The highest BCUT2D eigenvalue weighted by atomic mass is 15.3. The molecule has 80 valence electrons. The van der Waals surface area contributed by atoms with Crippen LogP contribution in [-0.4, -0.2) is 19.7 Å². The second kappa shape index (κ2) is 3.62. The number of rotatable bonds is 1. The molecule has 2 aromatic heterocycles. The smallest absolute Gasteiger partial charge is 0.174 e. The number of anilines is 1. The molecule has 0 saturated carbocycles. The zero-order valence-corrected chi connectivity index (χ0v) is 8.97. The van der Waals surface area contributed by atoms with Crippen molar-refractivity contribution < 1.29 is 0 Å². The first kappa shape index (κ1) is 10.1. The van der Waals surface area contributed by atoms with Gasteiger partial charge in [0.2, 0.25) is 0 Å². The van der Waals surface area contributed by atoms with Crippen molar-refractivity contribution in [3.63, 3.8) is 0 Å². The highest BCUT2D eigenvalue weighted by Gasteiger charge is 2.10. The molecule has 6 nitrogen and oxygen atoms in total. The van der Waals surface area contributed by atoms with Gasteiger partial charge < -0.3 is 5.73 Å². The van der Waals surface area contributed by atoms with Crippen LogP contribution >= 0.6 is 0 Å². The molecular weight excluding hydrogens is 204 g/mol. The van der Waals surface area contributed by atoms with Crippen molar-refractivity contribution in [1.29, 1.82) is 5.26 Å². The van der Waals surface area contributed by atoms with Gasteiger partial charge in [0, 0.05) is 0 Å². The van der Waals surface area contributed by atoms with Gasteiger partial charge in [0.05, 0.1) is 23.8 Å². The lowest BCUT2D eigenvalue weighted by Crippen LogP contribution is -2.07. The number of aromatic nitrogens is 4. The van der Waals surface area contributed by atoms with Crippen LogP contribution in [0.25, 0.3) is 5.82 Å². The first-order valence-corrected chi connectivity index (χ1v) is 4.67. The summed E-state index contributed by atoms with van der Waals surface area (Å²) >= 11 is 0. The molecule has 0 radical (unpaired) electrons. The van der Waals surface area contributed by atoms with Crippen molar-refractivity contribution in [2.45, 2.75) is 13.8 Å². The fourth-order valence-corrected chi connectivity index (χ4v) is 1.26. The third kappa shape index (κ3) is 1.48. The number of hydrogen-bond acceptors (Lipinski definition) is 5. The van der Waals surface area contributed by atoms with E-state index in [-0.39, 0.29) is 5.82 Å². The molecule has 2 rings (SSSR count). The van der Waals surface area contributed by atoms with E-state index in [0.717, 1.165) is 11.4 Å². The highest BCUT2D eigenvalue weighted by molar-refractivity contribution is 5.50. The minimum atomic E-state index is 0.278. The predicted molar refractivity (Wildman–Crippen MR) is 57.8 cm³/mol. The van der Waals surface area contributed by atoms with Crippen molar-refractivity contribution in [2.24, 2.45) is 0 Å². The molecule has 0 bridgehead atoms. The Labute approximate surface area is 92.4 Å². The number of nitrogens with zero attached hydrogens (tertiary/aromatic N) is 5. The molecule has 0 aliphatic heterocycles. The average molecular weight is 214 g/mol. The number of aryl methyl sites for hydroxylation is 2. The predicted octanol–water partition coefficient (Wildman–Crippen LogP) is 0.733. The largest absolute Gasteiger partial charge is 0.382 e. The Kier molecular flexibility index (Phi) is 2.29. The van der Waals surface area contributed by atoms with Crippen LogP contribution in [0.4, 0.5) is 5.82 Å². The van der Waals surface area contributed by atoms with E-state index in [9.17, 15) is 0 Å². The highest BCUT2D eigenvalue weighted by Crippen LogP contribution is 2.14. The van der Waals surface area contributed by atoms with Crippen LogP contribution in [0.3, 0.4) is 0 Å². The van der Waals surface area contributed by atoms with Gasteiger partial charge in [-0.05, 0) is 13.8 Å². The molecule has 0 unspecified atom stereocenters. The molecule has 2 aromatic rings. The minimum Gasteiger partial charge on any atom is -0.382 e. The Balaban J connectivity index is 2.55. The first-order chi connectivity index (χ1) is 7.63. The van der Waals surface area contributed by atoms with Gasteiger partial charge in [0.1, 0.15) is 17.5 Å². The Morgan fingerprint density at radius 2 is 2.06 bits per heavy atom. The molecule has 16 heavy (non-hydrogen) atoms. The summed E-state index contributed by atoms with van der Waals surface area (Å²) in [6.07, 6.45) is 2.99. The molecule has 0 fully saturated rings. The maximum atomic E-state index is 8.76. The lowest BCUT2D eigenvalue weighted by Gasteiger charge is -2.04. The van der Waals surface area contributed by atoms with Gasteiger partial charge in [0.25, 0.3) is 0 Å². The maximum absolute atomic E-state index is 8.76. The van der Waals surface area contributed by atoms with Crippen LogP contribution in [-0.2, 0) is 0 Å². The van der Waals surface area contributed by atoms with E-state index in [4.69, 9.17) is 11.0 Å². The fraction of sp³-hybridized carbons (Fsp3) is 0.200. The standard InChI is InChI=1S/C10H10N6/c1-6-7(2)15-9(5-13-6)16-10(12)8(3-11)4-14-16/h4-5H,12H2,1-2H3. The van der Waals surface area contributed by atoms with Crippen LogP contribution in [0.1, 0.15) is 17.0 Å². The van der Waals surface area contributed by atoms with Crippen LogP contribution in [0.5, 0.6) is 0 Å². The zero-order valence-electron chi connectivity index (χ0n) is 8.97. The van der Waals surface area contributed by atoms with Crippen LogP contribution < -0.4 is 5.73 Å². The van der Waals surface area contributed by atoms with E-state index in [0.29, 0.717) is 11.4 Å². The summed E-state index contributed by atoms with van der Waals surface area (Å²) in [7, 11) is 0. The second-order valence-corrected chi connectivity index (χ2v) is 3.37. The molecule has 0 amide bonds. The van der Waals surface area contributed by atoms with Crippen LogP contribution in [0.15, 0.2) is 12.4 Å². The summed E-state index contributed by atoms with van der Waals surface area (Å²) in [5.41, 5.74) is 7.75. The van der Waals surface area contributed by atoms with E-state index in [2.05, 4.69) is 15.1 Å². The molecule has 0 aliphatic carbocycles. The molecule has 0 aromatic carbocycles. The Hall–Kier alpha value is -2.42. The van der Waals surface area contributed by atoms with Crippen molar-refractivity contribution in [1.82, 2.24) is 19.7 Å². The summed E-state index contributed by atoms with van der Waals surface area (Å²) in [5, 5.41) is 12.8. The van der Waals surface area contributed by atoms with E-state index in [1.807, 2.05) is 19.9 Å². The Bertz CT molecular complexity index is 577. The third-order valence-electron chi connectivity index (χ3n) is 2.32. The van der Waals surface area contributed by atoms with Crippen molar-refractivity contribution >= 4 is 5.82 Å². The van der Waals surface area contributed by atoms with Gasteiger partial charge in [-0.3, -0.25) is 4.98 Å². The summed E-state index contributed by atoms with van der Waals surface area (Å²) in [4.78, 5) is 8.47.